The third kappa shape index (κ3) is 6.13. The van der Waals surface area contributed by atoms with Gasteiger partial charge in [-0.1, -0.05) is 112 Å². The van der Waals surface area contributed by atoms with Crippen LogP contribution in [0.1, 0.15) is 64.0 Å². The first kappa shape index (κ1) is 28.5. The van der Waals surface area contributed by atoms with Gasteiger partial charge in [0.15, 0.2) is 17.5 Å². The van der Waals surface area contributed by atoms with Crippen LogP contribution in [0.5, 0.6) is 0 Å². The second-order valence-corrected chi connectivity index (χ2v) is 12.3. The largest absolute Gasteiger partial charge is 0.208 e. The lowest BCUT2D eigenvalue weighted by Gasteiger charge is -2.35. The second kappa shape index (κ2) is 12.3. The summed E-state index contributed by atoms with van der Waals surface area (Å²) >= 11 is 0. The molecule has 4 heteroatoms. The Labute approximate surface area is 255 Å². The third-order valence-electron chi connectivity index (χ3n) is 9.22. The summed E-state index contributed by atoms with van der Waals surface area (Å²) in [7, 11) is 0. The first-order valence-corrected chi connectivity index (χ1v) is 15.5. The maximum Gasteiger partial charge on any atom is 0.164 e. The molecule has 4 nitrogen and oxygen atoms in total. The molecule has 1 aliphatic rings. The molecule has 6 rings (SSSR count). The van der Waals surface area contributed by atoms with Crippen LogP contribution < -0.4 is 0 Å². The fraction of sp³-hybridized carbons (Fsp3) is 0.282. The van der Waals surface area contributed by atoms with Gasteiger partial charge in [0, 0.05) is 16.7 Å². The van der Waals surface area contributed by atoms with E-state index in [2.05, 4.69) is 75.4 Å². The van der Waals surface area contributed by atoms with Crippen molar-refractivity contribution < 1.29 is 0 Å². The van der Waals surface area contributed by atoms with Crippen LogP contribution >= 0.6 is 0 Å². The first-order chi connectivity index (χ1) is 21.0. The fourth-order valence-electron chi connectivity index (χ4n) is 6.79. The SMILES string of the molecule is CCC1(c2ccc(-c3ccc(-c4nc(-c5ccccc5)nc(-c5ccc(C#N)cc5)n4)cc3)cc2)C[C@H](C)CC[C@H](C)C1. The van der Waals surface area contributed by atoms with Crippen molar-refractivity contribution >= 4 is 0 Å². The Kier molecular flexibility index (Phi) is 8.16. The number of nitriles is 1. The summed E-state index contributed by atoms with van der Waals surface area (Å²) in [6, 6.07) is 37.3. The van der Waals surface area contributed by atoms with Gasteiger partial charge in [-0.05, 0) is 77.5 Å². The van der Waals surface area contributed by atoms with E-state index in [0.29, 0.717) is 23.0 Å². The molecule has 1 saturated carbocycles. The average Bonchev–Trinajstić information content (AvgIpc) is 3.22. The molecule has 1 unspecified atom stereocenters. The van der Waals surface area contributed by atoms with Crippen molar-refractivity contribution in [3.8, 4) is 51.4 Å². The van der Waals surface area contributed by atoms with Crippen LogP contribution in [0, 0.1) is 23.2 Å². The lowest BCUT2D eigenvalue weighted by Crippen LogP contribution is -2.28. The molecule has 0 aliphatic heterocycles. The monoisotopic (exact) mass is 562 g/mol. The molecule has 1 aromatic heterocycles. The summed E-state index contributed by atoms with van der Waals surface area (Å²) in [5, 5.41) is 9.22. The van der Waals surface area contributed by atoms with Gasteiger partial charge in [0.05, 0.1) is 11.6 Å². The Morgan fingerprint density at radius 1 is 0.605 bits per heavy atom. The van der Waals surface area contributed by atoms with Gasteiger partial charge >= 0.3 is 0 Å². The average molecular weight is 563 g/mol. The van der Waals surface area contributed by atoms with Crippen LogP contribution in [0.4, 0.5) is 0 Å². The van der Waals surface area contributed by atoms with Gasteiger partial charge in [0.25, 0.3) is 0 Å². The highest BCUT2D eigenvalue weighted by Gasteiger charge is 2.35. The minimum Gasteiger partial charge on any atom is -0.208 e. The van der Waals surface area contributed by atoms with Gasteiger partial charge < -0.3 is 0 Å². The summed E-state index contributed by atoms with van der Waals surface area (Å²) in [5.74, 6) is 3.37. The summed E-state index contributed by atoms with van der Waals surface area (Å²) in [5.41, 5.74) is 7.47. The van der Waals surface area contributed by atoms with Gasteiger partial charge in [-0.25, -0.2) is 15.0 Å². The number of nitrogens with zero attached hydrogens (tertiary/aromatic N) is 4. The quantitative estimate of drug-likeness (QED) is 0.193. The van der Waals surface area contributed by atoms with Crippen molar-refractivity contribution in [2.75, 3.05) is 0 Å². The van der Waals surface area contributed by atoms with Crippen LogP contribution in [0.3, 0.4) is 0 Å². The standard InChI is InChI=1S/C39H38N4/c1-4-39(24-27(2)10-11-28(3)25-39)35-22-20-31(21-23-35)30-16-18-34(19-17-30)38-42-36(32-8-6-5-7-9-32)41-37(43-38)33-14-12-29(26-40)13-15-33/h5-9,12-23,27-28H,4,10-11,24-25H2,1-3H3/t27-,28+,39?. The van der Waals surface area contributed by atoms with Crippen molar-refractivity contribution in [3.05, 3.63) is 114 Å². The first-order valence-electron chi connectivity index (χ1n) is 15.5. The number of benzene rings is 4. The van der Waals surface area contributed by atoms with Crippen LogP contribution in [0.2, 0.25) is 0 Å². The van der Waals surface area contributed by atoms with Crippen LogP contribution in [-0.2, 0) is 5.41 Å². The van der Waals surface area contributed by atoms with E-state index in [-0.39, 0.29) is 5.41 Å². The number of hydrogen-bond donors (Lipinski definition) is 0. The molecule has 0 saturated heterocycles. The van der Waals surface area contributed by atoms with E-state index in [1.807, 2.05) is 42.5 Å². The Morgan fingerprint density at radius 3 is 1.49 bits per heavy atom. The van der Waals surface area contributed by atoms with Crippen molar-refractivity contribution in [2.45, 2.75) is 58.3 Å². The minimum absolute atomic E-state index is 0.277. The Hall–Kier alpha value is -4.62. The molecule has 0 N–H and O–H groups in total. The number of rotatable bonds is 6. The van der Waals surface area contributed by atoms with Gasteiger partial charge in [-0.3, -0.25) is 0 Å². The van der Waals surface area contributed by atoms with Crippen LogP contribution in [0.15, 0.2) is 103 Å². The Morgan fingerprint density at radius 2 is 1.02 bits per heavy atom. The molecule has 1 aliphatic carbocycles. The summed E-state index contributed by atoms with van der Waals surface area (Å²) in [6.07, 6.45) is 6.44. The Bertz CT molecular complexity index is 1700. The lowest BCUT2D eigenvalue weighted by atomic mass is 9.69. The Balaban J connectivity index is 1.31. The highest BCUT2D eigenvalue weighted by atomic mass is 15.0. The normalized spacial score (nSPS) is 20.2. The lowest BCUT2D eigenvalue weighted by molar-refractivity contribution is 0.295. The highest BCUT2D eigenvalue weighted by molar-refractivity contribution is 5.70. The van der Waals surface area contributed by atoms with E-state index >= 15 is 0 Å². The molecule has 43 heavy (non-hydrogen) atoms. The molecule has 0 radical (unpaired) electrons. The van der Waals surface area contributed by atoms with E-state index in [1.165, 1.54) is 48.8 Å². The molecular weight excluding hydrogens is 524 g/mol. The molecular formula is C39H38N4. The van der Waals surface area contributed by atoms with E-state index in [0.717, 1.165) is 28.5 Å². The predicted octanol–water partition coefficient (Wildman–Crippen LogP) is 9.91. The molecule has 0 spiro atoms. The van der Waals surface area contributed by atoms with Crippen molar-refractivity contribution in [2.24, 2.45) is 11.8 Å². The smallest absolute Gasteiger partial charge is 0.164 e. The molecule has 1 heterocycles. The van der Waals surface area contributed by atoms with Gasteiger partial charge in [-0.15, -0.1) is 0 Å². The highest BCUT2D eigenvalue weighted by Crippen LogP contribution is 2.45. The molecule has 5 aromatic rings. The number of aromatic nitrogens is 3. The molecule has 0 amide bonds. The topological polar surface area (TPSA) is 62.5 Å². The molecule has 1 fully saturated rings. The molecule has 3 atom stereocenters. The van der Waals surface area contributed by atoms with E-state index < -0.39 is 0 Å². The zero-order valence-electron chi connectivity index (χ0n) is 25.3. The number of hydrogen-bond acceptors (Lipinski definition) is 4. The van der Waals surface area contributed by atoms with Crippen LogP contribution in [-0.4, -0.2) is 15.0 Å². The predicted molar refractivity (Wildman–Crippen MR) is 175 cm³/mol. The van der Waals surface area contributed by atoms with Gasteiger partial charge in [0.1, 0.15) is 0 Å². The molecule has 214 valence electrons. The van der Waals surface area contributed by atoms with Gasteiger partial charge in [-0.2, -0.15) is 5.26 Å². The van der Waals surface area contributed by atoms with Crippen molar-refractivity contribution in [3.63, 3.8) is 0 Å². The zero-order chi connectivity index (χ0) is 29.8. The van der Waals surface area contributed by atoms with Crippen molar-refractivity contribution in [1.82, 2.24) is 15.0 Å². The van der Waals surface area contributed by atoms with E-state index in [9.17, 15) is 5.26 Å². The summed E-state index contributed by atoms with van der Waals surface area (Å²) in [6.45, 7) is 7.23. The van der Waals surface area contributed by atoms with Crippen LogP contribution in [0.25, 0.3) is 45.3 Å². The van der Waals surface area contributed by atoms with Crippen molar-refractivity contribution in [1.29, 1.82) is 5.26 Å². The second-order valence-electron chi connectivity index (χ2n) is 12.3. The summed E-state index contributed by atoms with van der Waals surface area (Å²) < 4.78 is 0. The molecule has 4 aromatic carbocycles. The third-order valence-corrected chi connectivity index (χ3v) is 9.22. The van der Waals surface area contributed by atoms with E-state index in [4.69, 9.17) is 15.0 Å². The maximum atomic E-state index is 9.22. The maximum absolute atomic E-state index is 9.22. The van der Waals surface area contributed by atoms with Gasteiger partial charge in [0.2, 0.25) is 0 Å². The zero-order valence-corrected chi connectivity index (χ0v) is 25.3. The summed E-state index contributed by atoms with van der Waals surface area (Å²) in [4.78, 5) is 14.5. The molecule has 0 bridgehead atoms. The minimum atomic E-state index is 0.277. The fourth-order valence-corrected chi connectivity index (χ4v) is 6.79. The van der Waals surface area contributed by atoms with E-state index in [1.54, 1.807) is 12.1 Å².